The Kier molecular flexibility index (Phi) is 8.50. The van der Waals surface area contributed by atoms with E-state index in [-0.39, 0.29) is 17.2 Å². The lowest BCUT2D eigenvalue weighted by molar-refractivity contribution is -0.116. The number of nitrogens with zero attached hydrogens (tertiary/aromatic N) is 1. The molecule has 1 amide bonds. The predicted molar refractivity (Wildman–Crippen MR) is 130 cm³/mol. The number of anilines is 1. The Morgan fingerprint density at radius 3 is 2.29 bits per heavy atom. The van der Waals surface area contributed by atoms with Crippen LogP contribution in [0.4, 0.5) is 5.69 Å². The molecule has 0 fully saturated rings. The van der Waals surface area contributed by atoms with Crippen molar-refractivity contribution in [1.29, 1.82) is 0 Å². The highest BCUT2D eigenvalue weighted by atomic mass is 32.2. The van der Waals surface area contributed by atoms with Crippen LogP contribution in [-0.4, -0.2) is 46.0 Å². The largest absolute Gasteiger partial charge is 0.497 e. The van der Waals surface area contributed by atoms with Gasteiger partial charge in [-0.25, -0.2) is 8.42 Å². The Balaban J connectivity index is 1.95. The molecule has 0 unspecified atom stereocenters. The summed E-state index contributed by atoms with van der Waals surface area (Å²) in [4.78, 5) is 12.9. The van der Waals surface area contributed by atoms with Crippen molar-refractivity contribution in [3.8, 4) is 17.2 Å². The molecule has 1 N–H and O–H groups in total. The van der Waals surface area contributed by atoms with Crippen LogP contribution in [0.15, 0.2) is 77.7 Å². The predicted octanol–water partition coefficient (Wildman–Crippen LogP) is 3.93. The van der Waals surface area contributed by atoms with Gasteiger partial charge in [-0.2, -0.15) is 4.31 Å². The first-order chi connectivity index (χ1) is 16.4. The summed E-state index contributed by atoms with van der Waals surface area (Å²) in [6.07, 6.45) is 0. The zero-order valence-electron chi connectivity index (χ0n) is 19.4. The van der Waals surface area contributed by atoms with Crippen molar-refractivity contribution in [3.63, 3.8) is 0 Å². The molecular formula is C25H28N2O6S. The first-order valence-electron chi connectivity index (χ1n) is 10.7. The SMILES string of the molecule is CCOc1ccccc1NC(=O)CN(Cc1ccccc1)S(=O)(=O)c1cc(OC)ccc1OC. The Morgan fingerprint density at radius 2 is 1.62 bits per heavy atom. The lowest BCUT2D eigenvalue weighted by Gasteiger charge is -2.23. The number of benzene rings is 3. The lowest BCUT2D eigenvalue weighted by atomic mass is 10.2. The van der Waals surface area contributed by atoms with Crippen LogP contribution in [-0.2, 0) is 21.4 Å². The molecule has 0 bridgehead atoms. The average Bonchev–Trinajstić information content (AvgIpc) is 2.85. The van der Waals surface area contributed by atoms with E-state index in [9.17, 15) is 13.2 Å². The Bertz CT molecular complexity index is 1220. The fourth-order valence-corrected chi connectivity index (χ4v) is 4.89. The zero-order chi connectivity index (χ0) is 24.6. The van der Waals surface area contributed by atoms with Gasteiger partial charge < -0.3 is 19.5 Å². The van der Waals surface area contributed by atoms with Crippen molar-refractivity contribution in [2.75, 3.05) is 32.7 Å². The molecule has 0 heterocycles. The second-order valence-corrected chi connectivity index (χ2v) is 9.16. The molecule has 0 aliphatic carbocycles. The van der Waals surface area contributed by atoms with E-state index in [1.54, 1.807) is 42.5 Å². The summed E-state index contributed by atoms with van der Waals surface area (Å²) in [7, 11) is -1.31. The van der Waals surface area contributed by atoms with Gasteiger partial charge in [-0.1, -0.05) is 42.5 Å². The van der Waals surface area contributed by atoms with Gasteiger partial charge in [-0.05, 0) is 36.8 Å². The maximum Gasteiger partial charge on any atom is 0.247 e. The maximum absolute atomic E-state index is 13.7. The number of sulfonamides is 1. The number of nitrogens with one attached hydrogen (secondary N) is 1. The van der Waals surface area contributed by atoms with Crippen LogP contribution in [0.1, 0.15) is 12.5 Å². The van der Waals surface area contributed by atoms with E-state index in [0.717, 1.165) is 9.87 Å². The van der Waals surface area contributed by atoms with Gasteiger partial charge in [0.25, 0.3) is 0 Å². The molecular weight excluding hydrogens is 456 g/mol. The molecule has 3 rings (SSSR count). The number of methoxy groups -OCH3 is 2. The van der Waals surface area contributed by atoms with Gasteiger partial charge in [-0.3, -0.25) is 4.79 Å². The third kappa shape index (κ3) is 6.06. The molecule has 0 spiro atoms. The molecule has 0 atom stereocenters. The fourth-order valence-electron chi connectivity index (χ4n) is 3.34. The van der Waals surface area contributed by atoms with Crippen LogP contribution >= 0.6 is 0 Å². The first kappa shape index (κ1) is 25.1. The maximum atomic E-state index is 13.7. The van der Waals surface area contributed by atoms with Crippen molar-refractivity contribution < 1.29 is 27.4 Å². The van der Waals surface area contributed by atoms with Crippen molar-refractivity contribution in [1.82, 2.24) is 4.31 Å². The summed E-state index contributed by atoms with van der Waals surface area (Å²) < 4.78 is 44.6. The molecule has 0 saturated carbocycles. The van der Waals surface area contributed by atoms with Gasteiger partial charge in [0.2, 0.25) is 15.9 Å². The van der Waals surface area contributed by atoms with Crippen LogP contribution in [0.3, 0.4) is 0 Å². The summed E-state index contributed by atoms with van der Waals surface area (Å²) in [6.45, 7) is 1.84. The van der Waals surface area contributed by atoms with Gasteiger partial charge in [0, 0.05) is 12.6 Å². The van der Waals surface area contributed by atoms with Gasteiger partial charge in [0.05, 0.1) is 33.1 Å². The van der Waals surface area contributed by atoms with Gasteiger partial charge in [-0.15, -0.1) is 0 Å². The van der Waals surface area contributed by atoms with Crippen LogP contribution in [0.5, 0.6) is 17.2 Å². The van der Waals surface area contributed by atoms with Gasteiger partial charge in [0.1, 0.15) is 22.1 Å². The van der Waals surface area contributed by atoms with Gasteiger partial charge >= 0.3 is 0 Å². The number of para-hydroxylation sites is 2. The van der Waals surface area contributed by atoms with E-state index in [2.05, 4.69) is 5.32 Å². The van der Waals surface area contributed by atoms with Crippen molar-refractivity contribution in [2.24, 2.45) is 0 Å². The minimum absolute atomic E-state index is 0.00986. The van der Waals surface area contributed by atoms with Crippen LogP contribution < -0.4 is 19.5 Å². The quantitative estimate of drug-likeness (QED) is 0.443. The Hall–Kier alpha value is -3.56. The minimum atomic E-state index is -4.15. The highest BCUT2D eigenvalue weighted by molar-refractivity contribution is 7.89. The molecule has 0 aliphatic rings. The molecule has 8 nitrogen and oxygen atoms in total. The number of rotatable bonds is 11. The third-order valence-corrected chi connectivity index (χ3v) is 6.78. The first-order valence-corrected chi connectivity index (χ1v) is 12.1. The van der Waals surface area contributed by atoms with Crippen molar-refractivity contribution in [2.45, 2.75) is 18.4 Å². The highest BCUT2D eigenvalue weighted by Gasteiger charge is 2.30. The molecule has 3 aromatic carbocycles. The van der Waals surface area contributed by atoms with E-state index in [0.29, 0.717) is 23.8 Å². The van der Waals surface area contributed by atoms with E-state index in [1.807, 2.05) is 25.1 Å². The normalized spacial score (nSPS) is 11.2. The lowest BCUT2D eigenvalue weighted by Crippen LogP contribution is -2.37. The van der Waals surface area contributed by atoms with Crippen LogP contribution in [0, 0.1) is 0 Å². The van der Waals surface area contributed by atoms with Crippen molar-refractivity contribution in [3.05, 3.63) is 78.4 Å². The summed E-state index contributed by atoms with van der Waals surface area (Å²) in [6, 6.07) is 20.6. The van der Waals surface area contributed by atoms with E-state index in [1.165, 1.54) is 26.4 Å². The highest BCUT2D eigenvalue weighted by Crippen LogP contribution is 2.31. The standard InChI is InChI=1S/C25H28N2O6S/c1-4-33-22-13-9-8-12-21(22)26-25(28)18-27(17-19-10-6-5-7-11-19)34(29,30)24-16-20(31-2)14-15-23(24)32-3/h5-16H,4,17-18H2,1-3H3,(H,26,28). The van der Waals surface area contributed by atoms with E-state index >= 15 is 0 Å². The molecule has 0 aliphatic heterocycles. The number of carbonyl (C=O) groups excluding carboxylic acids is 1. The number of hydrogen-bond acceptors (Lipinski definition) is 6. The second kappa shape index (κ2) is 11.5. The number of amides is 1. The molecule has 34 heavy (non-hydrogen) atoms. The molecule has 0 radical (unpaired) electrons. The van der Waals surface area contributed by atoms with Crippen LogP contribution in [0.2, 0.25) is 0 Å². The van der Waals surface area contributed by atoms with Gasteiger partial charge in [0.15, 0.2) is 0 Å². The second-order valence-electron chi connectivity index (χ2n) is 7.25. The van der Waals surface area contributed by atoms with E-state index < -0.39 is 22.5 Å². The molecule has 0 aromatic heterocycles. The van der Waals surface area contributed by atoms with Crippen molar-refractivity contribution >= 4 is 21.6 Å². The Labute approximate surface area is 200 Å². The smallest absolute Gasteiger partial charge is 0.247 e. The number of hydrogen-bond donors (Lipinski definition) is 1. The molecule has 3 aromatic rings. The topological polar surface area (TPSA) is 94.2 Å². The van der Waals surface area contributed by atoms with E-state index in [4.69, 9.17) is 14.2 Å². The average molecular weight is 485 g/mol. The summed E-state index contributed by atoms with van der Waals surface area (Å²) in [5.41, 5.74) is 1.20. The zero-order valence-corrected chi connectivity index (χ0v) is 20.2. The molecule has 0 saturated heterocycles. The van der Waals surface area contributed by atoms with Crippen LogP contribution in [0.25, 0.3) is 0 Å². The Morgan fingerprint density at radius 1 is 0.912 bits per heavy atom. The summed E-state index contributed by atoms with van der Waals surface area (Å²) >= 11 is 0. The monoisotopic (exact) mass is 484 g/mol. The molecule has 180 valence electrons. The summed E-state index contributed by atoms with van der Waals surface area (Å²) in [5, 5.41) is 2.76. The molecule has 9 heteroatoms. The fraction of sp³-hybridized carbons (Fsp3) is 0.240. The summed E-state index contributed by atoms with van der Waals surface area (Å²) in [5.74, 6) is 0.508. The minimum Gasteiger partial charge on any atom is -0.497 e. The number of carbonyl (C=O) groups is 1. The third-order valence-electron chi connectivity index (χ3n) is 4.97. The number of ether oxygens (including phenoxy) is 3.